The Morgan fingerprint density at radius 1 is 0.711 bits per heavy atom. The van der Waals surface area contributed by atoms with E-state index >= 15 is 0 Å². The molecule has 3 rings (SSSR count). The van der Waals surface area contributed by atoms with E-state index in [4.69, 9.17) is 4.99 Å². The fraction of sp³-hybridized carbons (Fsp3) is 0.400. The van der Waals surface area contributed by atoms with E-state index in [0.717, 1.165) is 16.8 Å². The number of phenolic OH excluding ortho intramolecular Hbond substituents is 1. The molecule has 0 aliphatic carbocycles. The van der Waals surface area contributed by atoms with E-state index in [2.05, 4.69) is 112 Å². The van der Waals surface area contributed by atoms with Crippen molar-refractivity contribution < 1.29 is 24.6 Å². The minimum atomic E-state index is -0.104. The van der Waals surface area contributed by atoms with Crippen LogP contribution in [0.1, 0.15) is 113 Å². The predicted octanol–water partition coefficient (Wildman–Crippen LogP) is 10.7. The van der Waals surface area contributed by atoms with Crippen LogP contribution in [-0.2, 0) is 24.9 Å². The number of hydrogen-bond donors (Lipinski definition) is 1. The van der Waals surface area contributed by atoms with Gasteiger partial charge in [0.15, 0.2) is 0 Å². The van der Waals surface area contributed by atoms with Crippen LogP contribution in [0.3, 0.4) is 0 Å². The Kier molecular flexibility index (Phi) is 16.6. The molecule has 0 saturated carbocycles. The molecule has 210 valence electrons. The van der Waals surface area contributed by atoms with Gasteiger partial charge in [0.2, 0.25) is 0 Å². The number of hydrogen-bond acceptors (Lipinski definition) is 2. The van der Waals surface area contributed by atoms with Crippen LogP contribution in [0.25, 0.3) is 0 Å². The molecule has 0 saturated heterocycles. The molecule has 0 aromatic heterocycles. The van der Waals surface area contributed by atoms with Crippen molar-refractivity contribution >= 4 is 11.9 Å². The van der Waals surface area contributed by atoms with Crippen LogP contribution >= 0.6 is 0 Å². The molecular formula is C35H51NORu. The van der Waals surface area contributed by atoms with E-state index in [1.165, 1.54) is 22.3 Å². The third kappa shape index (κ3) is 10.5. The topological polar surface area (TPSA) is 32.6 Å². The fourth-order valence-corrected chi connectivity index (χ4v) is 4.02. The second-order valence-electron chi connectivity index (χ2n) is 11.4. The average molecular weight is 603 g/mol. The molecule has 38 heavy (non-hydrogen) atoms. The zero-order chi connectivity index (χ0) is 26.3. The minimum absolute atomic E-state index is 0. The molecule has 3 heteroatoms. The second-order valence-corrected chi connectivity index (χ2v) is 11.4. The largest absolute Gasteiger partial charge is 2.00 e. The van der Waals surface area contributed by atoms with Crippen molar-refractivity contribution in [2.75, 3.05) is 0 Å². The Morgan fingerprint density at radius 3 is 1.61 bits per heavy atom. The zero-order valence-electron chi connectivity index (χ0n) is 25.8. The summed E-state index contributed by atoms with van der Waals surface area (Å²) in [4.78, 5) is 4.82. The van der Waals surface area contributed by atoms with Gasteiger partial charge in [-0.25, -0.2) is 0 Å². The van der Waals surface area contributed by atoms with Crippen LogP contribution in [0.2, 0.25) is 0 Å². The fourth-order valence-electron chi connectivity index (χ4n) is 4.02. The molecular weight excluding hydrogens is 551 g/mol. The molecule has 0 amide bonds. The Bertz CT molecular complexity index is 1090. The molecule has 3 aromatic rings. The molecule has 0 atom stereocenters. The first-order chi connectivity index (χ1) is 16.3. The number of rotatable bonds is 5. The van der Waals surface area contributed by atoms with Crippen molar-refractivity contribution in [1.82, 2.24) is 0 Å². The minimum Gasteiger partial charge on any atom is -0.507 e. The van der Waals surface area contributed by atoms with Gasteiger partial charge >= 0.3 is 19.5 Å². The van der Waals surface area contributed by atoms with Crippen molar-refractivity contribution in [3.8, 4) is 5.75 Å². The molecule has 0 heterocycles. The summed E-state index contributed by atoms with van der Waals surface area (Å²) in [7, 11) is 0. The number of benzene rings is 3. The average Bonchev–Trinajstić information content (AvgIpc) is 2.78. The maximum atomic E-state index is 10.7. The molecule has 1 N–H and O–H groups in total. The Morgan fingerprint density at radius 2 is 1.18 bits per heavy atom. The number of aliphatic imine (C=N–C) groups is 1. The van der Waals surface area contributed by atoms with Crippen molar-refractivity contribution in [3.05, 3.63) is 109 Å². The van der Waals surface area contributed by atoms with E-state index in [9.17, 15) is 5.11 Å². The predicted molar refractivity (Wildman–Crippen MR) is 167 cm³/mol. The first-order valence-electron chi connectivity index (χ1n) is 12.9. The SMILES string of the molecule is CC(C)c1cccc(C(C)C)c1N=Cc1cccc(C(C)(C)C)c1O.Cc1ccc(C(C)C)cc1.[CH3-].[CH3-].[Ru+2]. The summed E-state index contributed by atoms with van der Waals surface area (Å²) in [6.07, 6.45) is 1.80. The van der Waals surface area contributed by atoms with Crippen LogP contribution < -0.4 is 0 Å². The summed E-state index contributed by atoms with van der Waals surface area (Å²) in [6.45, 7) is 21.6. The van der Waals surface area contributed by atoms with E-state index < -0.39 is 0 Å². The first kappa shape index (κ1) is 37.9. The summed E-state index contributed by atoms with van der Waals surface area (Å²) in [6, 6.07) is 21.0. The molecule has 2 nitrogen and oxygen atoms in total. The Hall–Kier alpha value is -2.25. The molecule has 0 unspecified atom stereocenters. The molecule has 0 fully saturated rings. The van der Waals surface area contributed by atoms with E-state index in [-0.39, 0.29) is 39.7 Å². The van der Waals surface area contributed by atoms with Crippen LogP contribution in [0, 0.1) is 21.8 Å². The van der Waals surface area contributed by atoms with Gasteiger partial charge < -0.3 is 20.0 Å². The first-order valence-corrected chi connectivity index (χ1v) is 12.9. The third-order valence-electron chi connectivity index (χ3n) is 6.29. The third-order valence-corrected chi connectivity index (χ3v) is 6.29. The van der Waals surface area contributed by atoms with E-state index in [1.54, 1.807) is 6.21 Å². The van der Waals surface area contributed by atoms with Crippen LogP contribution in [0.4, 0.5) is 5.69 Å². The van der Waals surface area contributed by atoms with Gasteiger partial charge in [0.1, 0.15) is 5.75 Å². The monoisotopic (exact) mass is 603 g/mol. The van der Waals surface area contributed by atoms with Crippen LogP contribution in [0.5, 0.6) is 5.75 Å². The molecule has 0 bridgehead atoms. The standard InChI is InChI=1S/C23H31NO.C10H14.2CH3.Ru/c1-15(2)18-11-9-12-19(16(3)4)21(18)24-14-17-10-8-13-20(22(17)25)23(5,6)7;1-8(2)10-6-4-9(3)5-7-10;;;/h8-16,25H,1-7H3;4-8H,1-3H3;2*1H3;/q;;2*-1;+2. The summed E-state index contributed by atoms with van der Waals surface area (Å²) in [5.74, 6) is 1.79. The summed E-state index contributed by atoms with van der Waals surface area (Å²) in [5.41, 5.74) is 7.89. The van der Waals surface area contributed by atoms with Gasteiger partial charge in [0, 0.05) is 11.8 Å². The van der Waals surface area contributed by atoms with Crippen LogP contribution in [-0.4, -0.2) is 11.3 Å². The number of aryl methyl sites for hydroxylation is 1. The van der Waals surface area contributed by atoms with Gasteiger partial charge in [-0.2, -0.15) is 0 Å². The van der Waals surface area contributed by atoms with Gasteiger partial charge in [-0.3, -0.25) is 4.99 Å². The number of phenols is 1. The Balaban J connectivity index is 0. The quantitative estimate of drug-likeness (QED) is 0.176. The molecule has 0 radical (unpaired) electrons. The molecule has 0 aliphatic heterocycles. The van der Waals surface area contributed by atoms with Gasteiger partial charge in [-0.15, -0.1) is 0 Å². The van der Waals surface area contributed by atoms with Gasteiger partial charge in [-0.05, 0) is 58.4 Å². The summed E-state index contributed by atoms with van der Waals surface area (Å²) in [5, 5.41) is 10.7. The van der Waals surface area contributed by atoms with E-state index in [0.29, 0.717) is 23.5 Å². The zero-order valence-corrected chi connectivity index (χ0v) is 27.6. The normalized spacial score (nSPS) is 11.0. The smallest absolute Gasteiger partial charge is 0.507 e. The van der Waals surface area contributed by atoms with E-state index in [1.807, 2.05) is 18.2 Å². The summed E-state index contributed by atoms with van der Waals surface area (Å²) >= 11 is 0. The van der Waals surface area contributed by atoms with Crippen LogP contribution in [0.15, 0.2) is 65.7 Å². The maximum absolute atomic E-state index is 10.7. The molecule has 3 aromatic carbocycles. The summed E-state index contributed by atoms with van der Waals surface area (Å²) < 4.78 is 0. The van der Waals surface area contributed by atoms with Gasteiger partial charge in [0.05, 0.1) is 5.69 Å². The van der Waals surface area contributed by atoms with Crippen molar-refractivity contribution in [3.63, 3.8) is 0 Å². The Labute approximate surface area is 247 Å². The van der Waals surface area contributed by atoms with Gasteiger partial charge in [-0.1, -0.05) is 122 Å². The molecule has 0 spiro atoms. The van der Waals surface area contributed by atoms with Crippen molar-refractivity contribution in [2.24, 2.45) is 4.99 Å². The van der Waals surface area contributed by atoms with Crippen molar-refractivity contribution in [2.45, 2.75) is 92.4 Å². The molecule has 0 aliphatic rings. The number of aromatic hydroxyl groups is 1. The number of nitrogens with zero attached hydrogens (tertiary/aromatic N) is 1. The maximum Gasteiger partial charge on any atom is 2.00 e. The van der Waals surface area contributed by atoms with Crippen molar-refractivity contribution in [1.29, 1.82) is 0 Å². The number of para-hydroxylation sites is 2. The van der Waals surface area contributed by atoms with Gasteiger partial charge in [0.25, 0.3) is 0 Å². The second kappa shape index (κ2) is 16.7.